The molecule has 2 N–H and O–H groups in total. The second-order valence-corrected chi connectivity index (χ2v) is 7.02. The first-order valence-corrected chi connectivity index (χ1v) is 8.93. The molecular formula is C20H24ClFN2O2. The van der Waals surface area contributed by atoms with Crippen molar-refractivity contribution in [1.82, 2.24) is 5.32 Å². The van der Waals surface area contributed by atoms with Gasteiger partial charge < -0.3 is 15.4 Å². The van der Waals surface area contributed by atoms with E-state index in [4.69, 9.17) is 16.3 Å². The number of carbonyl (C=O) groups is 1. The zero-order valence-electron chi connectivity index (χ0n) is 15.2. The first-order valence-electron chi connectivity index (χ1n) is 8.55. The molecule has 0 heterocycles. The van der Waals surface area contributed by atoms with E-state index < -0.39 is 0 Å². The molecule has 0 radical (unpaired) electrons. The second-order valence-electron chi connectivity index (χ2n) is 6.62. The van der Waals surface area contributed by atoms with Crippen LogP contribution in [-0.4, -0.2) is 24.6 Å². The van der Waals surface area contributed by atoms with E-state index in [9.17, 15) is 9.18 Å². The first-order chi connectivity index (χ1) is 12.3. The van der Waals surface area contributed by atoms with E-state index in [0.29, 0.717) is 29.5 Å². The Bertz CT molecular complexity index is 748. The molecule has 0 atom stereocenters. The van der Waals surface area contributed by atoms with E-state index in [1.165, 1.54) is 12.1 Å². The molecule has 0 fully saturated rings. The molecule has 0 unspecified atom stereocenters. The van der Waals surface area contributed by atoms with Crippen LogP contribution in [0.3, 0.4) is 0 Å². The summed E-state index contributed by atoms with van der Waals surface area (Å²) in [5.74, 6) is 0.126. The quantitative estimate of drug-likeness (QED) is 0.643. The summed E-state index contributed by atoms with van der Waals surface area (Å²) in [6.45, 7) is 6.91. The summed E-state index contributed by atoms with van der Waals surface area (Å²) in [5, 5.41) is 6.53. The van der Waals surface area contributed by atoms with Crippen LogP contribution in [0.15, 0.2) is 42.5 Å². The lowest BCUT2D eigenvalue weighted by atomic mass is 10.0. The predicted molar refractivity (Wildman–Crippen MR) is 104 cm³/mol. The molecule has 1 amide bonds. The second kappa shape index (κ2) is 8.90. The number of halogens is 2. The van der Waals surface area contributed by atoms with Crippen LogP contribution in [0.25, 0.3) is 0 Å². The molecule has 0 saturated carbocycles. The highest BCUT2D eigenvalue weighted by Gasteiger charge is 2.20. The van der Waals surface area contributed by atoms with Crippen LogP contribution in [0.1, 0.15) is 37.6 Å². The topological polar surface area (TPSA) is 50.4 Å². The SMILES string of the molecule is CCC(C)(C)NC(=O)c1ccc(NCCOc2ccc(F)cc2)cc1Cl. The molecule has 2 aromatic rings. The average molecular weight is 379 g/mol. The van der Waals surface area contributed by atoms with E-state index in [-0.39, 0.29) is 17.3 Å². The third kappa shape index (κ3) is 5.92. The maximum absolute atomic E-state index is 12.8. The summed E-state index contributed by atoms with van der Waals surface area (Å²) in [4.78, 5) is 12.3. The maximum Gasteiger partial charge on any atom is 0.253 e. The van der Waals surface area contributed by atoms with E-state index in [1.807, 2.05) is 20.8 Å². The van der Waals surface area contributed by atoms with Gasteiger partial charge in [0.1, 0.15) is 18.2 Å². The number of carbonyl (C=O) groups excluding carboxylic acids is 1. The fourth-order valence-corrected chi connectivity index (χ4v) is 2.43. The fraction of sp³-hybridized carbons (Fsp3) is 0.350. The monoisotopic (exact) mass is 378 g/mol. The Morgan fingerprint density at radius 3 is 2.50 bits per heavy atom. The Morgan fingerprint density at radius 2 is 1.88 bits per heavy atom. The molecule has 6 heteroatoms. The largest absolute Gasteiger partial charge is 0.492 e. The molecule has 0 bridgehead atoms. The van der Waals surface area contributed by atoms with Gasteiger partial charge in [0.25, 0.3) is 5.91 Å². The number of hydrogen-bond acceptors (Lipinski definition) is 3. The molecule has 0 saturated heterocycles. The third-order valence-corrected chi connectivity index (χ3v) is 4.38. The van der Waals surface area contributed by atoms with Gasteiger partial charge in [-0.25, -0.2) is 4.39 Å². The van der Waals surface area contributed by atoms with Crippen molar-refractivity contribution in [3.8, 4) is 5.75 Å². The minimum absolute atomic E-state index is 0.187. The average Bonchev–Trinajstić information content (AvgIpc) is 2.60. The van der Waals surface area contributed by atoms with Gasteiger partial charge in [-0.05, 0) is 62.7 Å². The number of ether oxygens (including phenoxy) is 1. The Hall–Kier alpha value is -2.27. The van der Waals surface area contributed by atoms with Crippen LogP contribution in [0.2, 0.25) is 5.02 Å². The van der Waals surface area contributed by atoms with Crippen molar-refractivity contribution in [1.29, 1.82) is 0 Å². The van der Waals surface area contributed by atoms with Crippen LogP contribution >= 0.6 is 11.6 Å². The number of amides is 1. The summed E-state index contributed by atoms with van der Waals surface area (Å²) in [6, 6.07) is 11.1. The number of benzene rings is 2. The Balaban J connectivity index is 1.86. The Kier molecular flexibility index (Phi) is 6.86. The number of nitrogens with one attached hydrogen (secondary N) is 2. The molecule has 0 aliphatic carbocycles. The Morgan fingerprint density at radius 1 is 1.19 bits per heavy atom. The highest BCUT2D eigenvalue weighted by molar-refractivity contribution is 6.34. The van der Waals surface area contributed by atoms with Gasteiger partial charge in [-0.2, -0.15) is 0 Å². The zero-order valence-corrected chi connectivity index (χ0v) is 16.0. The molecule has 140 valence electrons. The standard InChI is InChI=1S/C20H24ClFN2O2/c1-4-20(2,3)24-19(25)17-10-7-15(13-18(17)21)23-11-12-26-16-8-5-14(22)6-9-16/h5-10,13,23H,4,11-12H2,1-3H3,(H,24,25). The van der Waals surface area contributed by atoms with Crippen LogP contribution < -0.4 is 15.4 Å². The van der Waals surface area contributed by atoms with Crippen molar-refractivity contribution >= 4 is 23.2 Å². The first kappa shape index (κ1) is 20.0. The van der Waals surface area contributed by atoms with E-state index in [2.05, 4.69) is 10.6 Å². The molecule has 0 spiro atoms. The van der Waals surface area contributed by atoms with Gasteiger partial charge in [0.15, 0.2) is 0 Å². The third-order valence-electron chi connectivity index (χ3n) is 4.06. The van der Waals surface area contributed by atoms with E-state index in [0.717, 1.165) is 12.1 Å². The number of anilines is 1. The molecule has 0 aliphatic heterocycles. The van der Waals surface area contributed by atoms with Crippen molar-refractivity contribution in [2.45, 2.75) is 32.7 Å². The predicted octanol–water partition coefficient (Wildman–Crippen LogP) is 4.89. The van der Waals surface area contributed by atoms with Gasteiger partial charge in [-0.1, -0.05) is 18.5 Å². The molecule has 2 rings (SSSR count). The van der Waals surface area contributed by atoms with Crippen molar-refractivity contribution < 1.29 is 13.9 Å². The molecule has 26 heavy (non-hydrogen) atoms. The van der Waals surface area contributed by atoms with Crippen LogP contribution in [0, 0.1) is 5.82 Å². The highest BCUT2D eigenvalue weighted by Crippen LogP contribution is 2.22. The molecule has 0 aromatic heterocycles. The molecule has 2 aromatic carbocycles. The molecule has 4 nitrogen and oxygen atoms in total. The van der Waals surface area contributed by atoms with Crippen LogP contribution in [-0.2, 0) is 0 Å². The summed E-state index contributed by atoms with van der Waals surface area (Å²) < 4.78 is 18.3. The highest BCUT2D eigenvalue weighted by atomic mass is 35.5. The van der Waals surface area contributed by atoms with Crippen LogP contribution in [0.5, 0.6) is 5.75 Å². The smallest absolute Gasteiger partial charge is 0.253 e. The van der Waals surface area contributed by atoms with Gasteiger partial charge >= 0.3 is 0 Å². The lowest BCUT2D eigenvalue weighted by Gasteiger charge is -2.24. The normalized spacial score (nSPS) is 11.1. The zero-order chi connectivity index (χ0) is 19.2. The summed E-state index contributed by atoms with van der Waals surface area (Å²) in [7, 11) is 0. The summed E-state index contributed by atoms with van der Waals surface area (Å²) in [6.07, 6.45) is 0.823. The lowest BCUT2D eigenvalue weighted by molar-refractivity contribution is 0.0911. The van der Waals surface area contributed by atoms with Gasteiger partial charge in [-0.3, -0.25) is 4.79 Å². The maximum atomic E-state index is 12.8. The summed E-state index contributed by atoms with van der Waals surface area (Å²) in [5.41, 5.74) is 0.958. The lowest BCUT2D eigenvalue weighted by Crippen LogP contribution is -2.42. The van der Waals surface area contributed by atoms with Crippen molar-refractivity contribution in [3.63, 3.8) is 0 Å². The van der Waals surface area contributed by atoms with Gasteiger partial charge in [-0.15, -0.1) is 0 Å². The van der Waals surface area contributed by atoms with E-state index >= 15 is 0 Å². The number of hydrogen-bond donors (Lipinski definition) is 2. The van der Waals surface area contributed by atoms with Crippen LogP contribution in [0.4, 0.5) is 10.1 Å². The van der Waals surface area contributed by atoms with Crippen molar-refractivity contribution in [2.75, 3.05) is 18.5 Å². The minimum Gasteiger partial charge on any atom is -0.492 e. The van der Waals surface area contributed by atoms with Gasteiger partial charge in [0, 0.05) is 17.8 Å². The fourth-order valence-electron chi connectivity index (χ4n) is 2.17. The van der Waals surface area contributed by atoms with E-state index in [1.54, 1.807) is 30.3 Å². The molecule has 0 aliphatic rings. The van der Waals surface area contributed by atoms with Gasteiger partial charge in [0.2, 0.25) is 0 Å². The Labute approximate surface area is 158 Å². The summed E-state index contributed by atoms with van der Waals surface area (Å²) >= 11 is 6.25. The van der Waals surface area contributed by atoms with Crippen molar-refractivity contribution in [2.24, 2.45) is 0 Å². The van der Waals surface area contributed by atoms with Gasteiger partial charge in [0.05, 0.1) is 10.6 Å². The molecular weight excluding hydrogens is 355 g/mol. The number of rotatable bonds is 8. The van der Waals surface area contributed by atoms with Crippen molar-refractivity contribution in [3.05, 3.63) is 58.9 Å². The minimum atomic E-state index is -0.295.